The number of hydrogen-bond acceptors (Lipinski definition) is 5. The molecule has 0 bridgehead atoms. The molecule has 0 atom stereocenters. The number of carboxylic acid groups (broad SMARTS) is 1. The molecule has 1 saturated heterocycles. The van der Waals surface area contributed by atoms with Crippen molar-refractivity contribution >= 4 is 23.5 Å². The third-order valence-electron chi connectivity index (χ3n) is 6.36. The largest absolute Gasteiger partial charge is 0.478 e. The van der Waals surface area contributed by atoms with E-state index in [1.807, 2.05) is 12.1 Å². The molecule has 1 aliphatic heterocycles. The molecule has 6 nitrogen and oxygen atoms in total. The molecular formula is C27H31ClN4O2. The first-order valence-electron chi connectivity index (χ1n) is 11.8. The SMILES string of the molecule is CC(C)c1ccc(CCc2nc(N3CCN(Cc4ccc(Cl)cc4)CC3)ncc2C(=O)O)cc1. The van der Waals surface area contributed by atoms with Crippen LogP contribution in [0.2, 0.25) is 5.02 Å². The molecule has 3 aromatic rings. The molecule has 7 heteroatoms. The van der Waals surface area contributed by atoms with Crippen LogP contribution >= 0.6 is 11.6 Å². The minimum absolute atomic E-state index is 0.184. The number of benzene rings is 2. The molecule has 0 unspecified atom stereocenters. The van der Waals surface area contributed by atoms with Crippen LogP contribution in [0.1, 0.15) is 52.5 Å². The van der Waals surface area contributed by atoms with E-state index in [1.165, 1.54) is 22.9 Å². The molecule has 0 spiro atoms. The fourth-order valence-corrected chi connectivity index (χ4v) is 4.34. The third-order valence-corrected chi connectivity index (χ3v) is 6.61. The second-order valence-corrected chi connectivity index (χ2v) is 9.56. The van der Waals surface area contributed by atoms with Gasteiger partial charge < -0.3 is 10.0 Å². The number of aromatic nitrogens is 2. The quantitative estimate of drug-likeness (QED) is 0.488. The van der Waals surface area contributed by atoms with E-state index in [9.17, 15) is 9.90 Å². The number of piperazine rings is 1. The number of rotatable bonds is 8. The van der Waals surface area contributed by atoms with Gasteiger partial charge in [0.15, 0.2) is 0 Å². The number of carboxylic acids is 1. The zero-order valence-corrected chi connectivity index (χ0v) is 20.5. The zero-order chi connectivity index (χ0) is 24.1. The van der Waals surface area contributed by atoms with Gasteiger partial charge in [-0.2, -0.15) is 0 Å². The van der Waals surface area contributed by atoms with E-state index >= 15 is 0 Å². The van der Waals surface area contributed by atoms with Crippen molar-refractivity contribution in [2.24, 2.45) is 0 Å². The Bertz CT molecular complexity index is 1110. The lowest BCUT2D eigenvalue weighted by molar-refractivity contribution is 0.0694. The number of nitrogens with zero attached hydrogens (tertiary/aromatic N) is 4. The Morgan fingerprint density at radius 2 is 1.62 bits per heavy atom. The van der Waals surface area contributed by atoms with Gasteiger partial charge in [0.05, 0.1) is 11.3 Å². The molecule has 178 valence electrons. The summed E-state index contributed by atoms with van der Waals surface area (Å²) in [5, 5.41) is 10.4. The molecule has 0 saturated carbocycles. The second kappa shape index (κ2) is 11.0. The Balaban J connectivity index is 1.40. The van der Waals surface area contributed by atoms with Gasteiger partial charge in [-0.15, -0.1) is 0 Å². The van der Waals surface area contributed by atoms with Crippen molar-refractivity contribution in [2.45, 2.75) is 39.2 Å². The van der Waals surface area contributed by atoms with Crippen LogP contribution < -0.4 is 4.90 Å². The van der Waals surface area contributed by atoms with Gasteiger partial charge in [0.25, 0.3) is 0 Å². The molecule has 0 radical (unpaired) electrons. The van der Waals surface area contributed by atoms with Crippen LogP contribution in [0.15, 0.2) is 54.7 Å². The summed E-state index contributed by atoms with van der Waals surface area (Å²) in [5.41, 5.74) is 4.49. The summed E-state index contributed by atoms with van der Waals surface area (Å²) in [4.78, 5) is 25.4. The minimum atomic E-state index is -0.982. The number of carbonyl (C=O) groups is 1. The number of hydrogen-bond donors (Lipinski definition) is 1. The van der Waals surface area contributed by atoms with Crippen molar-refractivity contribution in [3.8, 4) is 0 Å². The average molecular weight is 479 g/mol. The second-order valence-electron chi connectivity index (χ2n) is 9.12. The summed E-state index contributed by atoms with van der Waals surface area (Å²) in [6.45, 7) is 8.62. The van der Waals surface area contributed by atoms with E-state index in [2.05, 4.69) is 65.0 Å². The maximum Gasteiger partial charge on any atom is 0.339 e. The first kappa shape index (κ1) is 24.2. The van der Waals surface area contributed by atoms with Crippen molar-refractivity contribution in [1.82, 2.24) is 14.9 Å². The Hall–Kier alpha value is -2.96. The maximum atomic E-state index is 11.8. The van der Waals surface area contributed by atoms with Crippen molar-refractivity contribution < 1.29 is 9.90 Å². The predicted molar refractivity (Wildman–Crippen MR) is 136 cm³/mol. The molecule has 0 aliphatic carbocycles. The van der Waals surface area contributed by atoms with Gasteiger partial charge >= 0.3 is 5.97 Å². The topological polar surface area (TPSA) is 69.6 Å². The smallest absolute Gasteiger partial charge is 0.339 e. The summed E-state index contributed by atoms with van der Waals surface area (Å²) >= 11 is 5.99. The number of aryl methyl sites for hydroxylation is 2. The standard InChI is InChI=1S/C27H31ClN4O2/c1-19(2)22-8-3-20(4-9-22)7-12-25-24(26(33)34)17-29-27(30-25)32-15-13-31(14-16-32)18-21-5-10-23(28)11-6-21/h3-6,8-11,17,19H,7,12-16,18H2,1-2H3,(H,33,34). The highest BCUT2D eigenvalue weighted by molar-refractivity contribution is 6.30. The lowest BCUT2D eigenvalue weighted by atomic mass is 9.99. The number of anilines is 1. The van der Waals surface area contributed by atoms with Gasteiger partial charge in [-0.1, -0.05) is 61.8 Å². The van der Waals surface area contributed by atoms with Crippen molar-refractivity contribution in [3.63, 3.8) is 0 Å². The van der Waals surface area contributed by atoms with E-state index in [-0.39, 0.29) is 5.56 Å². The van der Waals surface area contributed by atoms with Crippen molar-refractivity contribution in [1.29, 1.82) is 0 Å². The van der Waals surface area contributed by atoms with Crippen LogP contribution in [0.3, 0.4) is 0 Å². The average Bonchev–Trinajstić information content (AvgIpc) is 2.84. The lowest BCUT2D eigenvalue weighted by Crippen LogP contribution is -2.46. The summed E-state index contributed by atoms with van der Waals surface area (Å²) in [5.74, 6) is 0.120. The number of halogens is 1. The van der Waals surface area contributed by atoms with E-state index in [0.29, 0.717) is 24.0 Å². The van der Waals surface area contributed by atoms with Gasteiger partial charge in [0.2, 0.25) is 5.95 Å². The number of aromatic carboxylic acids is 1. The maximum absolute atomic E-state index is 11.8. The van der Waals surface area contributed by atoms with Gasteiger partial charge in [0, 0.05) is 43.9 Å². The first-order chi connectivity index (χ1) is 16.4. The van der Waals surface area contributed by atoms with E-state index in [1.54, 1.807) is 0 Å². The molecule has 4 rings (SSSR count). The Morgan fingerprint density at radius 3 is 2.24 bits per heavy atom. The highest BCUT2D eigenvalue weighted by Crippen LogP contribution is 2.19. The first-order valence-corrected chi connectivity index (χ1v) is 12.2. The molecular weight excluding hydrogens is 448 g/mol. The van der Waals surface area contributed by atoms with Crippen LogP contribution in [-0.2, 0) is 19.4 Å². The van der Waals surface area contributed by atoms with Crippen LogP contribution in [0.25, 0.3) is 0 Å². The van der Waals surface area contributed by atoms with Crippen LogP contribution in [0.5, 0.6) is 0 Å². The highest BCUT2D eigenvalue weighted by atomic mass is 35.5. The van der Waals surface area contributed by atoms with Gasteiger partial charge in [0.1, 0.15) is 0 Å². The van der Waals surface area contributed by atoms with Crippen molar-refractivity contribution in [2.75, 3.05) is 31.1 Å². The molecule has 34 heavy (non-hydrogen) atoms. The monoisotopic (exact) mass is 478 g/mol. The normalized spacial score (nSPS) is 14.5. The molecule has 2 aromatic carbocycles. The molecule has 1 fully saturated rings. The molecule has 1 aliphatic rings. The Labute approximate surface area is 206 Å². The summed E-state index contributed by atoms with van der Waals surface area (Å²) in [6.07, 6.45) is 2.76. The predicted octanol–water partition coefficient (Wildman–Crippen LogP) is 5.06. The minimum Gasteiger partial charge on any atom is -0.478 e. The van der Waals surface area contributed by atoms with Gasteiger partial charge in [-0.3, -0.25) is 4.90 Å². The Kier molecular flexibility index (Phi) is 7.80. The fourth-order valence-electron chi connectivity index (χ4n) is 4.21. The third kappa shape index (κ3) is 6.13. The van der Waals surface area contributed by atoms with Gasteiger partial charge in [-0.25, -0.2) is 14.8 Å². The summed E-state index contributed by atoms with van der Waals surface area (Å²) in [6, 6.07) is 16.5. The highest BCUT2D eigenvalue weighted by Gasteiger charge is 2.21. The molecule has 1 aromatic heterocycles. The van der Waals surface area contributed by atoms with E-state index < -0.39 is 5.97 Å². The fraction of sp³-hybridized carbons (Fsp3) is 0.370. The van der Waals surface area contributed by atoms with Crippen LogP contribution in [-0.4, -0.2) is 52.1 Å². The van der Waals surface area contributed by atoms with Crippen LogP contribution in [0, 0.1) is 0 Å². The summed E-state index contributed by atoms with van der Waals surface area (Å²) < 4.78 is 0. The lowest BCUT2D eigenvalue weighted by Gasteiger charge is -2.34. The Morgan fingerprint density at radius 1 is 0.971 bits per heavy atom. The van der Waals surface area contributed by atoms with Crippen LogP contribution in [0.4, 0.5) is 5.95 Å². The van der Waals surface area contributed by atoms with E-state index in [4.69, 9.17) is 16.6 Å². The van der Waals surface area contributed by atoms with Crippen molar-refractivity contribution in [3.05, 3.63) is 87.7 Å². The zero-order valence-electron chi connectivity index (χ0n) is 19.7. The van der Waals surface area contributed by atoms with E-state index in [0.717, 1.165) is 44.2 Å². The molecule has 1 N–H and O–H groups in total. The molecule has 0 amide bonds. The summed E-state index contributed by atoms with van der Waals surface area (Å²) in [7, 11) is 0. The molecule has 2 heterocycles. The van der Waals surface area contributed by atoms with Gasteiger partial charge in [-0.05, 0) is 47.6 Å².